The van der Waals surface area contributed by atoms with Gasteiger partial charge in [0.25, 0.3) is 5.91 Å². The number of rotatable bonds is 4. The Hall–Kier alpha value is -2.55. The van der Waals surface area contributed by atoms with Gasteiger partial charge in [0.05, 0.1) is 12.8 Å². The van der Waals surface area contributed by atoms with Crippen molar-refractivity contribution in [3.05, 3.63) is 60.7 Å². The average Bonchev–Trinajstić information content (AvgIpc) is 2.47. The molecule has 0 saturated carbocycles. The molecule has 0 aromatic heterocycles. The molecule has 0 spiro atoms. The van der Waals surface area contributed by atoms with Crippen LogP contribution in [0.4, 0.5) is 5.69 Å². The van der Waals surface area contributed by atoms with Crippen molar-refractivity contribution in [3.8, 4) is 16.9 Å². The number of benzene rings is 2. The number of carbonyl (C=O) groups excluding carboxylic acids is 1. The molecule has 0 heterocycles. The van der Waals surface area contributed by atoms with Gasteiger partial charge in [0.2, 0.25) is 0 Å². The fourth-order valence-corrected chi connectivity index (χ4v) is 1.94. The molecule has 0 atom stereocenters. The van der Waals surface area contributed by atoms with Gasteiger partial charge in [-0.15, -0.1) is 0 Å². The van der Waals surface area contributed by atoms with Crippen molar-refractivity contribution < 1.29 is 9.53 Å². The van der Waals surface area contributed by atoms with Gasteiger partial charge < -0.3 is 10.1 Å². The number of carbonyl (C=O) groups is 1. The Labute approximate surface area is 118 Å². The maximum absolute atomic E-state index is 11.8. The van der Waals surface area contributed by atoms with Gasteiger partial charge in [-0.05, 0) is 24.6 Å². The molecular formula is C17H17NO2. The largest absolute Gasteiger partial charge is 0.496 e. The van der Waals surface area contributed by atoms with Crippen LogP contribution in [-0.4, -0.2) is 13.0 Å². The van der Waals surface area contributed by atoms with Crippen molar-refractivity contribution in [1.29, 1.82) is 0 Å². The summed E-state index contributed by atoms with van der Waals surface area (Å²) in [6, 6.07) is 15.4. The Morgan fingerprint density at radius 3 is 2.40 bits per heavy atom. The Bertz CT molecular complexity index is 633. The quantitative estimate of drug-likeness (QED) is 0.854. The van der Waals surface area contributed by atoms with Crippen LogP contribution in [0.15, 0.2) is 60.7 Å². The molecule has 2 aromatic carbocycles. The number of ether oxygens (including phenoxy) is 1. The molecule has 0 aliphatic rings. The van der Waals surface area contributed by atoms with Gasteiger partial charge in [0, 0.05) is 11.1 Å². The van der Waals surface area contributed by atoms with E-state index in [2.05, 4.69) is 11.9 Å². The van der Waals surface area contributed by atoms with Crippen molar-refractivity contribution in [2.24, 2.45) is 0 Å². The number of methoxy groups -OCH3 is 1. The van der Waals surface area contributed by atoms with Crippen LogP contribution in [0, 0.1) is 0 Å². The van der Waals surface area contributed by atoms with E-state index >= 15 is 0 Å². The molecule has 3 nitrogen and oxygen atoms in total. The van der Waals surface area contributed by atoms with Crippen LogP contribution in [0.3, 0.4) is 0 Å². The zero-order valence-corrected chi connectivity index (χ0v) is 11.6. The second kappa shape index (κ2) is 6.06. The smallest absolute Gasteiger partial charge is 0.250 e. The van der Waals surface area contributed by atoms with Crippen molar-refractivity contribution in [2.45, 2.75) is 6.92 Å². The highest BCUT2D eigenvalue weighted by Gasteiger charge is 2.13. The zero-order chi connectivity index (χ0) is 14.5. The maximum atomic E-state index is 11.8. The van der Waals surface area contributed by atoms with Gasteiger partial charge in [-0.2, -0.15) is 0 Å². The monoisotopic (exact) mass is 267 g/mol. The summed E-state index contributed by atoms with van der Waals surface area (Å²) in [6.45, 7) is 5.33. The standard InChI is InChI=1S/C17H17NO2/c1-12(2)17(19)18-14-10-7-11-15(20-3)16(14)13-8-5-4-6-9-13/h4-11H,1H2,2-3H3,(H,18,19). The van der Waals surface area contributed by atoms with Crippen LogP contribution in [0.1, 0.15) is 6.92 Å². The minimum atomic E-state index is -0.199. The predicted molar refractivity (Wildman–Crippen MR) is 81.9 cm³/mol. The molecule has 0 aliphatic carbocycles. The number of amides is 1. The lowest BCUT2D eigenvalue weighted by atomic mass is 10.0. The molecule has 2 aromatic rings. The van der Waals surface area contributed by atoms with Crippen LogP contribution in [-0.2, 0) is 4.79 Å². The van der Waals surface area contributed by atoms with Crippen molar-refractivity contribution >= 4 is 11.6 Å². The van der Waals surface area contributed by atoms with Gasteiger partial charge in [-0.1, -0.05) is 43.0 Å². The van der Waals surface area contributed by atoms with Crippen LogP contribution < -0.4 is 10.1 Å². The first kappa shape index (κ1) is 13.9. The molecule has 2 rings (SSSR count). The summed E-state index contributed by atoms with van der Waals surface area (Å²) in [5.74, 6) is 0.520. The molecule has 0 unspecified atom stereocenters. The lowest BCUT2D eigenvalue weighted by molar-refractivity contribution is -0.112. The van der Waals surface area contributed by atoms with E-state index in [4.69, 9.17) is 4.74 Å². The summed E-state index contributed by atoms with van der Waals surface area (Å²) in [5.41, 5.74) is 3.03. The minimum absolute atomic E-state index is 0.199. The van der Waals surface area contributed by atoms with E-state index in [0.29, 0.717) is 11.3 Å². The van der Waals surface area contributed by atoms with Crippen LogP contribution >= 0.6 is 0 Å². The van der Waals surface area contributed by atoms with E-state index in [1.165, 1.54) is 0 Å². The molecule has 3 heteroatoms. The molecule has 0 bridgehead atoms. The summed E-state index contributed by atoms with van der Waals surface area (Å²) < 4.78 is 5.41. The van der Waals surface area contributed by atoms with E-state index in [1.54, 1.807) is 14.0 Å². The van der Waals surface area contributed by atoms with Crippen LogP contribution in [0.5, 0.6) is 5.75 Å². The predicted octanol–water partition coefficient (Wildman–Crippen LogP) is 3.88. The molecule has 0 saturated heterocycles. The summed E-state index contributed by atoms with van der Waals surface area (Å²) in [7, 11) is 1.62. The normalized spacial score (nSPS) is 9.90. The summed E-state index contributed by atoms with van der Waals surface area (Å²) in [4.78, 5) is 11.8. The highest BCUT2D eigenvalue weighted by atomic mass is 16.5. The average molecular weight is 267 g/mol. The molecule has 1 N–H and O–H groups in total. The first-order valence-electron chi connectivity index (χ1n) is 6.32. The fraction of sp³-hybridized carbons (Fsp3) is 0.118. The Morgan fingerprint density at radius 2 is 1.80 bits per heavy atom. The van der Waals surface area contributed by atoms with Gasteiger partial charge in [-0.3, -0.25) is 4.79 Å². The van der Waals surface area contributed by atoms with E-state index in [1.807, 2.05) is 48.5 Å². The van der Waals surface area contributed by atoms with Crippen LogP contribution in [0.2, 0.25) is 0 Å². The second-order valence-corrected chi connectivity index (χ2v) is 4.48. The SMILES string of the molecule is C=C(C)C(=O)Nc1cccc(OC)c1-c1ccccc1. The summed E-state index contributed by atoms with van der Waals surface area (Å²) in [6.07, 6.45) is 0. The number of hydrogen-bond acceptors (Lipinski definition) is 2. The third-order valence-electron chi connectivity index (χ3n) is 2.94. The second-order valence-electron chi connectivity index (χ2n) is 4.48. The topological polar surface area (TPSA) is 38.3 Å². The fourth-order valence-electron chi connectivity index (χ4n) is 1.94. The third kappa shape index (κ3) is 2.88. The molecule has 0 fully saturated rings. The van der Waals surface area contributed by atoms with Gasteiger partial charge in [0.15, 0.2) is 0 Å². The number of nitrogens with one attached hydrogen (secondary N) is 1. The first-order valence-corrected chi connectivity index (χ1v) is 6.32. The van der Waals surface area contributed by atoms with Gasteiger partial charge in [0.1, 0.15) is 5.75 Å². The molecule has 102 valence electrons. The minimum Gasteiger partial charge on any atom is -0.496 e. The van der Waals surface area contributed by atoms with Crippen molar-refractivity contribution in [2.75, 3.05) is 12.4 Å². The lowest BCUT2D eigenvalue weighted by Gasteiger charge is -2.15. The Kier molecular flexibility index (Phi) is 4.20. The molecule has 20 heavy (non-hydrogen) atoms. The molecule has 0 aliphatic heterocycles. The summed E-state index contributed by atoms with van der Waals surface area (Å²) >= 11 is 0. The van der Waals surface area contributed by atoms with Gasteiger partial charge in [-0.25, -0.2) is 0 Å². The molecule has 1 amide bonds. The maximum Gasteiger partial charge on any atom is 0.250 e. The van der Waals surface area contributed by atoms with Crippen molar-refractivity contribution in [3.63, 3.8) is 0 Å². The third-order valence-corrected chi connectivity index (χ3v) is 2.94. The summed E-state index contributed by atoms with van der Waals surface area (Å²) in [5, 5.41) is 2.86. The van der Waals surface area contributed by atoms with E-state index < -0.39 is 0 Å². The Morgan fingerprint density at radius 1 is 1.10 bits per heavy atom. The van der Waals surface area contributed by atoms with Crippen molar-refractivity contribution in [1.82, 2.24) is 0 Å². The van der Waals surface area contributed by atoms with E-state index in [0.717, 1.165) is 16.9 Å². The highest BCUT2D eigenvalue weighted by molar-refractivity contribution is 6.05. The number of hydrogen-bond donors (Lipinski definition) is 1. The van der Waals surface area contributed by atoms with E-state index in [-0.39, 0.29) is 5.91 Å². The van der Waals surface area contributed by atoms with E-state index in [9.17, 15) is 4.79 Å². The highest BCUT2D eigenvalue weighted by Crippen LogP contribution is 2.36. The Balaban J connectivity index is 2.52. The van der Waals surface area contributed by atoms with Crippen LogP contribution in [0.25, 0.3) is 11.1 Å². The first-order chi connectivity index (χ1) is 9.63. The molecular weight excluding hydrogens is 250 g/mol. The lowest BCUT2D eigenvalue weighted by Crippen LogP contribution is -2.12. The molecule has 0 radical (unpaired) electrons. The van der Waals surface area contributed by atoms with Gasteiger partial charge >= 0.3 is 0 Å². The zero-order valence-electron chi connectivity index (χ0n) is 11.6. The number of anilines is 1.